The molecule has 1 N–H and O–H groups in total. The third-order valence-electron chi connectivity index (χ3n) is 4.91. The van der Waals surface area contributed by atoms with Crippen molar-refractivity contribution in [2.75, 3.05) is 10.2 Å². The Balaban J connectivity index is 1.68. The molecule has 5 heteroatoms. The van der Waals surface area contributed by atoms with Gasteiger partial charge in [-0.25, -0.2) is 0 Å². The first-order chi connectivity index (χ1) is 12.5. The third-order valence-corrected chi connectivity index (χ3v) is 4.91. The van der Waals surface area contributed by atoms with Gasteiger partial charge in [0, 0.05) is 17.4 Å². The molecule has 0 bridgehead atoms. The number of anilines is 4. The maximum Gasteiger partial charge on any atom is 0.249 e. The normalized spacial score (nSPS) is 15.8. The summed E-state index contributed by atoms with van der Waals surface area (Å²) in [7, 11) is 0. The summed E-state index contributed by atoms with van der Waals surface area (Å²) in [6.45, 7) is 8.51. The summed E-state index contributed by atoms with van der Waals surface area (Å²) in [5, 5.41) is 11.7. The molecule has 0 radical (unpaired) electrons. The van der Waals surface area contributed by atoms with Gasteiger partial charge in [-0.3, -0.25) is 0 Å². The Morgan fingerprint density at radius 1 is 1.08 bits per heavy atom. The van der Waals surface area contributed by atoms with Crippen molar-refractivity contribution in [3.63, 3.8) is 0 Å². The zero-order valence-electron chi connectivity index (χ0n) is 15.6. The maximum atomic E-state index is 4.75. The molecule has 1 atom stereocenters. The van der Waals surface area contributed by atoms with Crippen LogP contribution in [0, 0.1) is 20.8 Å². The largest absolute Gasteiger partial charge is 0.322 e. The number of nitrogens with one attached hydrogen (secondary N) is 1. The van der Waals surface area contributed by atoms with E-state index in [0.29, 0.717) is 12.0 Å². The van der Waals surface area contributed by atoms with E-state index in [2.05, 4.69) is 84.5 Å². The Labute approximate surface area is 154 Å². The average molecular weight is 345 g/mol. The van der Waals surface area contributed by atoms with Crippen molar-refractivity contribution in [1.29, 1.82) is 0 Å². The predicted molar refractivity (Wildman–Crippen MR) is 106 cm³/mol. The minimum absolute atomic E-state index is 0.347. The Hall–Kier alpha value is -2.95. The molecular weight excluding hydrogens is 322 g/mol. The third kappa shape index (κ3) is 2.90. The molecule has 4 rings (SSSR count). The maximum absolute atomic E-state index is 4.75. The van der Waals surface area contributed by atoms with E-state index in [1.165, 1.54) is 27.9 Å². The predicted octanol–water partition coefficient (Wildman–Crippen LogP) is 4.62. The van der Waals surface area contributed by atoms with Crippen molar-refractivity contribution in [3.8, 4) is 0 Å². The fourth-order valence-corrected chi connectivity index (χ4v) is 3.87. The lowest BCUT2D eigenvalue weighted by atomic mass is 10.1. The van der Waals surface area contributed by atoms with Crippen molar-refractivity contribution in [2.24, 2.45) is 0 Å². The second kappa shape index (κ2) is 6.41. The molecule has 0 saturated carbocycles. The number of rotatable bonds is 3. The van der Waals surface area contributed by atoms with Crippen LogP contribution in [0.1, 0.15) is 29.2 Å². The van der Waals surface area contributed by atoms with Crippen LogP contribution in [-0.4, -0.2) is 21.2 Å². The van der Waals surface area contributed by atoms with E-state index in [1.54, 1.807) is 6.20 Å². The lowest BCUT2D eigenvalue weighted by Crippen LogP contribution is -2.25. The molecule has 0 saturated heterocycles. The first kappa shape index (κ1) is 16.5. The molecule has 1 aromatic heterocycles. The van der Waals surface area contributed by atoms with Gasteiger partial charge in [0.15, 0.2) is 5.82 Å². The van der Waals surface area contributed by atoms with E-state index in [4.69, 9.17) is 4.98 Å². The molecule has 2 aromatic carbocycles. The second-order valence-corrected chi connectivity index (χ2v) is 7.09. The number of hydrogen-bond acceptors (Lipinski definition) is 5. The minimum atomic E-state index is 0.347. The van der Waals surface area contributed by atoms with E-state index in [-0.39, 0.29) is 0 Å². The smallest absolute Gasteiger partial charge is 0.249 e. The molecule has 0 spiro atoms. The summed E-state index contributed by atoms with van der Waals surface area (Å²) < 4.78 is 0. The van der Waals surface area contributed by atoms with Gasteiger partial charge in [-0.1, -0.05) is 35.9 Å². The molecule has 132 valence electrons. The highest BCUT2D eigenvalue weighted by Gasteiger charge is 2.28. The van der Waals surface area contributed by atoms with E-state index in [0.717, 1.165) is 17.9 Å². The van der Waals surface area contributed by atoms with Gasteiger partial charge in [-0.05, 0) is 56.9 Å². The lowest BCUT2D eigenvalue weighted by molar-refractivity contribution is 0.745. The molecule has 5 nitrogen and oxygen atoms in total. The Morgan fingerprint density at radius 2 is 1.81 bits per heavy atom. The van der Waals surface area contributed by atoms with Crippen LogP contribution in [0.15, 0.2) is 42.6 Å². The van der Waals surface area contributed by atoms with Crippen LogP contribution in [0.3, 0.4) is 0 Å². The molecule has 1 aliphatic heterocycles. The molecule has 0 aliphatic carbocycles. The molecule has 26 heavy (non-hydrogen) atoms. The number of benzene rings is 2. The number of fused-ring (bicyclic) bond motifs is 1. The fraction of sp³-hybridized carbons (Fsp3) is 0.286. The zero-order chi connectivity index (χ0) is 18.3. The summed E-state index contributed by atoms with van der Waals surface area (Å²) in [4.78, 5) is 6.99. The summed E-state index contributed by atoms with van der Waals surface area (Å²) in [6, 6.07) is 13.1. The number of aryl methyl sites for hydroxylation is 3. The van der Waals surface area contributed by atoms with E-state index in [9.17, 15) is 0 Å². The van der Waals surface area contributed by atoms with Gasteiger partial charge >= 0.3 is 0 Å². The van der Waals surface area contributed by atoms with Crippen LogP contribution in [0.4, 0.5) is 23.1 Å². The van der Waals surface area contributed by atoms with Crippen molar-refractivity contribution < 1.29 is 0 Å². The standard InChI is InChI=1S/C21H23N5/c1-13-9-14(2)20(15(3)10-13)24-21-23-19(12-22-25-21)26-16(4)11-17-7-5-6-8-18(17)26/h5-10,12,16H,11H2,1-4H3,(H,23,24,25). The van der Waals surface area contributed by atoms with Crippen LogP contribution in [-0.2, 0) is 6.42 Å². The van der Waals surface area contributed by atoms with Crippen LogP contribution < -0.4 is 10.2 Å². The first-order valence-corrected chi connectivity index (χ1v) is 8.94. The molecular formula is C21H23N5. The number of para-hydroxylation sites is 1. The number of hydrogen-bond donors (Lipinski definition) is 1. The quantitative estimate of drug-likeness (QED) is 0.750. The Kier molecular flexibility index (Phi) is 4.07. The van der Waals surface area contributed by atoms with Gasteiger partial charge in [0.05, 0.1) is 6.20 Å². The monoisotopic (exact) mass is 345 g/mol. The summed E-state index contributed by atoms with van der Waals surface area (Å²) in [5.41, 5.74) is 7.20. The van der Waals surface area contributed by atoms with Gasteiger partial charge < -0.3 is 10.2 Å². The van der Waals surface area contributed by atoms with Crippen molar-refractivity contribution in [1.82, 2.24) is 15.2 Å². The number of nitrogens with zero attached hydrogens (tertiary/aromatic N) is 4. The first-order valence-electron chi connectivity index (χ1n) is 8.94. The average Bonchev–Trinajstić information content (AvgIpc) is 2.94. The molecule has 2 heterocycles. The summed E-state index contributed by atoms with van der Waals surface area (Å²) in [6.07, 6.45) is 2.75. The fourth-order valence-electron chi connectivity index (χ4n) is 3.87. The molecule has 1 unspecified atom stereocenters. The molecule has 1 aliphatic rings. The second-order valence-electron chi connectivity index (χ2n) is 7.09. The minimum Gasteiger partial charge on any atom is -0.322 e. The Morgan fingerprint density at radius 3 is 2.58 bits per heavy atom. The highest BCUT2D eigenvalue weighted by Crippen LogP contribution is 2.37. The van der Waals surface area contributed by atoms with Crippen molar-refractivity contribution >= 4 is 23.1 Å². The lowest BCUT2D eigenvalue weighted by Gasteiger charge is -2.23. The van der Waals surface area contributed by atoms with Crippen LogP contribution >= 0.6 is 0 Å². The van der Waals surface area contributed by atoms with Crippen molar-refractivity contribution in [2.45, 2.75) is 40.2 Å². The van der Waals surface area contributed by atoms with Crippen LogP contribution in [0.25, 0.3) is 0 Å². The van der Waals surface area contributed by atoms with Gasteiger partial charge in [0.25, 0.3) is 0 Å². The van der Waals surface area contributed by atoms with Gasteiger partial charge in [-0.15, -0.1) is 5.10 Å². The van der Waals surface area contributed by atoms with Gasteiger partial charge in [-0.2, -0.15) is 10.1 Å². The molecule has 0 amide bonds. The van der Waals surface area contributed by atoms with Gasteiger partial charge in [0.1, 0.15) is 0 Å². The highest BCUT2D eigenvalue weighted by atomic mass is 15.3. The van der Waals surface area contributed by atoms with Crippen LogP contribution in [0.5, 0.6) is 0 Å². The van der Waals surface area contributed by atoms with E-state index >= 15 is 0 Å². The summed E-state index contributed by atoms with van der Waals surface area (Å²) in [5.74, 6) is 1.34. The zero-order valence-corrected chi connectivity index (χ0v) is 15.6. The SMILES string of the molecule is Cc1cc(C)c(Nc2nncc(N3c4ccccc4CC3C)n2)c(C)c1. The Bertz CT molecular complexity index is 943. The number of aromatic nitrogens is 3. The van der Waals surface area contributed by atoms with E-state index < -0.39 is 0 Å². The highest BCUT2D eigenvalue weighted by molar-refractivity contribution is 5.70. The van der Waals surface area contributed by atoms with Crippen LogP contribution in [0.2, 0.25) is 0 Å². The molecule has 3 aromatic rings. The van der Waals surface area contributed by atoms with Gasteiger partial charge in [0.2, 0.25) is 5.95 Å². The van der Waals surface area contributed by atoms with E-state index in [1.807, 2.05) is 0 Å². The summed E-state index contributed by atoms with van der Waals surface area (Å²) >= 11 is 0. The molecule has 0 fully saturated rings. The van der Waals surface area contributed by atoms with Crippen molar-refractivity contribution in [3.05, 3.63) is 64.8 Å². The topological polar surface area (TPSA) is 53.9 Å².